The zero-order chi connectivity index (χ0) is 13.5. The molecule has 0 aliphatic rings. The van der Waals surface area contributed by atoms with Crippen molar-refractivity contribution in [3.8, 4) is 5.75 Å². The molecule has 0 saturated heterocycles. The summed E-state index contributed by atoms with van der Waals surface area (Å²) in [6.45, 7) is 4.44. The van der Waals surface area contributed by atoms with Gasteiger partial charge in [-0.1, -0.05) is 46.3 Å². The third-order valence-corrected chi connectivity index (χ3v) is 3.55. The van der Waals surface area contributed by atoms with Gasteiger partial charge in [0.2, 0.25) is 0 Å². The van der Waals surface area contributed by atoms with Crippen molar-refractivity contribution < 1.29 is 4.74 Å². The van der Waals surface area contributed by atoms with Crippen LogP contribution in [0.4, 0.5) is 0 Å². The van der Waals surface area contributed by atoms with E-state index in [1.807, 2.05) is 30.3 Å². The lowest BCUT2D eigenvalue weighted by atomic mass is 10.1. The van der Waals surface area contributed by atoms with Gasteiger partial charge >= 0.3 is 0 Å². The highest BCUT2D eigenvalue weighted by Crippen LogP contribution is 2.17. The van der Waals surface area contributed by atoms with Crippen LogP contribution in [-0.4, -0.2) is 13.2 Å². The van der Waals surface area contributed by atoms with Crippen LogP contribution in [0, 0.1) is 6.92 Å². The van der Waals surface area contributed by atoms with Gasteiger partial charge in [0, 0.05) is 17.6 Å². The summed E-state index contributed by atoms with van der Waals surface area (Å²) in [5.74, 6) is 0.917. The Balaban J connectivity index is 1.69. The quantitative estimate of drug-likeness (QED) is 0.815. The van der Waals surface area contributed by atoms with Crippen LogP contribution in [0.5, 0.6) is 5.75 Å². The summed E-state index contributed by atoms with van der Waals surface area (Å²) in [6.07, 6.45) is 0. The molecule has 0 aliphatic carbocycles. The van der Waals surface area contributed by atoms with Crippen molar-refractivity contribution in [1.29, 1.82) is 0 Å². The summed E-state index contributed by atoms with van der Waals surface area (Å²) in [4.78, 5) is 0. The molecule has 0 saturated carbocycles. The molecule has 3 heteroatoms. The van der Waals surface area contributed by atoms with E-state index in [4.69, 9.17) is 4.74 Å². The van der Waals surface area contributed by atoms with Crippen LogP contribution >= 0.6 is 15.9 Å². The molecule has 0 atom stereocenters. The molecule has 19 heavy (non-hydrogen) atoms. The predicted molar refractivity (Wildman–Crippen MR) is 82.5 cm³/mol. The lowest BCUT2D eigenvalue weighted by Crippen LogP contribution is -2.20. The Labute approximate surface area is 122 Å². The lowest BCUT2D eigenvalue weighted by Gasteiger charge is -2.09. The summed E-state index contributed by atoms with van der Waals surface area (Å²) in [5, 5.41) is 3.38. The second-order valence-corrected chi connectivity index (χ2v) is 5.29. The molecule has 0 aromatic heterocycles. The van der Waals surface area contributed by atoms with Gasteiger partial charge in [-0.25, -0.2) is 0 Å². The average Bonchev–Trinajstić information content (AvgIpc) is 2.42. The van der Waals surface area contributed by atoms with E-state index in [1.54, 1.807) is 0 Å². The number of hydrogen-bond acceptors (Lipinski definition) is 2. The molecular weight excluding hydrogens is 302 g/mol. The largest absolute Gasteiger partial charge is 0.492 e. The van der Waals surface area contributed by atoms with Gasteiger partial charge in [-0.15, -0.1) is 0 Å². The zero-order valence-corrected chi connectivity index (χ0v) is 12.6. The van der Waals surface area contributed by atoms with Crippen molar-refractivity contribution in [2.75, 3.05) is 13.2 Å². The first kappa shape index (κ1) is 14.1. The number of para-hydroxylation sites is 1. The Hall–Kier alpha value is -1.32. The first-order chi connectivity index (χ1) is 9.25. The van der Waals surface area contributed by atoms with Crippen molar-refractivity contribution in [2.45, 2.75) is 13.5 Å². The number of ether oxygens (including phenoxy) is 1. The van der Waals surface area contributed by atoms with Crippen LogP contribution in [0.1, 0.15) is 11.1 Å². The van der Waals surface area contributed by atoms with Gasteiger partial charge in [0.15, 0.2) is 0 Å². The van der Waals surface area contributed by atoms with Gasteiger partial charge in [0.05, 0.1) is 0 Å². The number of benzene rings is 2. The average molecular weight is 320 g/mol. The topological polar surface area (TPSA) is 21.3 Å². The second kappa shape index (κ2) is 7.31. The first-order valence-electron chi connectivity index (χ1n) is 6.39. The first-order valence-corrected chi connectivity index (χ1v) is 7.18. The third kappa shape index (κ3) is 4.69. The normalized spacial score (nSPS) is 10.4. The number of aryl methyl sites for hydroxylation is 1. The van der Waals surface area contributed by atoms with Crippen molar-refractivity contribution >= 4 is 15.9 Å². The summed E-state index contributed by atoms with van der Waals surface area (Å²) in [6, 6.07) is 16.3. The minimum atomic E-state index is 0.674. The lowest BCUT2D eigenvalue weighted by molar-refractivity contribution is 0.313. The molecule has 0 heterocycles. The Morgan fingerprint density at radius 1 is 1.11 bits per heavy atom. The fraction of sp³-hybridized carbons (Fsp3) is 0.250. The van der Waals surface area contributed by atoms with Crippen LogP contribution in [0.2, 0.25) is 0 Å². The molecule has 0 amide bonds. The Bertz CT molecular complexity index is 513. The monoisotopic (exact) mass is 319 g/mol. The minimum absolute atomic E-state index is 0.674. The summed E-state index contributed by atoms with van der Waals surface area (Å²) in [5.41, 5.74) is 2.54. The van der Waals surface area contributed by atoms with E-state index in [-0.39, 0.29) is 0 Å². The molecule has 2 aromatic carbocycles. The van der Waals surface area contributed by atoms with Crippen LogP contribution in [0.3, 0.4) is 0 Å². The number of nitrogens with one attached hydrogen (secondary N) is 1. The van der Waals surface area contributed by atoms with E-state index in [0.29, 0.717) is 6.61 Å². The van der Waals surface area contributed by atoms with Gasteiger partial charge in [-0.05, 0) is 36.2 Å². The second-order valence-electron chi connectivity index (χ2n) is 4.43. The number of hydrogen-bond donors (Lipinski definition) is 1. The number of rotatable bonds is 6. The standard InChI is InChI=1S/C16H18BrNO/c1-13-7-8-14(16(17)11-13)12-18-9-10-19-15-5-3-2-4-6-15/h2-8,11,18H,9-10,12H2,1H3. The van der Waals surface area contributed by atoms with Gasteiger partial charge in [0.25, 0.3) is 0 Å². The summed E-state index contributed by atoms with van der Waals surface area (Å²) < 4.78 is 6.78. The van der Waals surface area contributed by atoms with Crippen molar-refractivity contribution in [1.82, 2.24) is 5.32 Å². The predicted octanol–water partition coefficient (Wildman–Crippen LogP) is 3.93. The minimum Gasteiger partial charge on any atom is -0.492 e. The van der Waals surface area contributed by atoms with E-state index in [9.17, 15) is 0 Å². The summed E-state index contributed by atoms with van der Waals surface area (Å²) >= 11 is 3.58. The maximum absolute atomic E-state index is 5.62. The molecule has 1 N–H and O–H groups in total. The number of halogens is 1. The van der Waals surface area contributed by atoms with E-state index in [0.717, 1.165) is 23.3 Å². The van der Waals surface area contributed by atoms with E-state index in [2.05, 4.69) is 46.4 Å². The van der Waals surface area contributed by atoms with Crippen molar-refractivity contribution in [3.63, 3.8) is 0 Å². The van der Waals surface area contributed by atoms with Gasteiger partial charge in [0.1, 0.15) is 12.4 Å². The maximum Gasteiger partial charge on any atom is 0.119 e. The fourth-order valence-electron chi connectivity index (χ4n) is 1.78. The van der Waals surface area contributed by atoms with E-state index in [1.165, 1.54) is 11.1 Å². The molecule has 0 fully saturated rings. The Kier molecular flexibility index (Phi) is 5.43. The summed E-state index contributed by atoms with van der Waals surface area (Å²) in [7, 11) is 0. The highest BCUT2D eigenvalue weighted by atomic mass is 79.9. The third-order valence-electron chi connectivity index (χ3n) is 2.81. The molecule has 2 aromatic rings. The van der Waals surface area contributed by atoms with Gasteiger partial charge < -0.3 is 10.1 Å². The van der Waals surface area contributed by atoms with Crippen molar-refractivity contribution in [2.24, 2.45) is 0 Å². The zero-order valence-electron chi connectivity index (χ0n) is 11.0. The fourth-order valence-corrected chi connectivity index (χ4v) is 2.41. The highest BCUT2D eigenvalue weighted by Gasteiger charge is 1.99. The van der Waals surface area contributed by atoms with Crippen LogP contribution in [0.15, 0.2) is 53.0 Å². The van der Waals surface area contributed by atoms with Gasteiger partial charge in [-0.2, -0.15) is 0 Å². The molecule has 0 aliphatic heterocycles. The van der Waals surface area contributed by atoms with Crippen LogP contribution < -0.4 is 10.1 Å². The molecule has 0 radical (unpaired) electrons. The molecule has 0 spiro atoms. The van der Waals surface area contributed by atoms with Crippen LogP contribution in [-0.2, 0) is 6.54 Å². The molecule has 2 nitrogen and oxygen atoms in total. The highest BCUT2D eigenvalue weighted by molar-refractivity contribution is 9.10. The molecular formula is C16H18BrNO. The Morgan fingerprint density at radius 2 is 1.89 bits per heavy atom. The smallest absolute Gasteiger partial charge is 0.119 e. The van der Waals surface area contributed by atoms with Crippen molar-refractivity contribution in [3.05, 3.63) is 64.1 Å². The van der Waals surface area contributed by atoms with Crippen LogP contribution in [0.25, 0.3) is 0 Å². The molecule has 100 valence electrons. The SMILES string of the molecule is Cc1ccc(CNCCOc2ccccc2)c(Br)c1. The Morgan fingerprint density at radius 3 is 2.63 bits per heavy atom. The maximum atomic E-state index is 5.62. The van der Waals surface area contributed by atoms with Gasteiger partial charge in [-0.3, -0.25) is 0 Å². The molecule has 0 bridgehead atoms. The van der Waals surface area contributed by atoms with E-state index < -0.39 is 0 Å². The molecule has 2 rings (SSSR count). The molecule has 0 unspecified atom stereocenters. The van der Waals surface area contributed by atoms with E-state index >= 15 is 0 Å².